The molecule has 0 N–H and O–H groups in total. The van der Waals surface area contributed by atoms with E-state index in [1.807, 2.05) is 0 Å². The summed E-state index contributed by atoms with van der Waals surface area (Å²) in [7, 11) is 0. The van der Waals surface area contributed by atoms with Gasteiger partial charge in [0, 0.05) is 0 Å². The van der Waals surface area contributed by atoms with Crippen molar-refractivity contribution in [1.82, 2.24) is 0 Å². The smallest absolute Gasteiger partial charge is 0.391 e. The lowest BCUT2D eigenvalue weighted by molar-refractivity contribution is -0.487. The zero-order valence-electron chi connectivity index (χ0n) is 20.1. The fraction of sp³-hybridized carbons (Fsp3) is 0.933. The molecule has 0 aromatic carbocycles. The van der Waals surface area contributed by atoms with E-state index in [1.54, 1.807) is 0 Å². The number of halogens is 30. The zero-order valence-corrected chi connectivity index (χ0v) is 20.1. The van der Waals surface area contributed by atoms with E-state index >= 15 is 0 Å². The minimum absolute atomic E-state index is 1.10. The molecule has 0 aromatic rings. The van der Waals surface area contributed by atoms with Crippen molar-refractivity contribution in [2.75, 3.05) is 0 Å². The minimum atomic E-state index is -9.68. The topological polar surface area (TPSA) is 35.5 Å². The van der Waals surface area contributed by atoms with Crippen molar-refractivity contribution >= 4 is 5.97 Å². The first-order valence-electron chi connectivity index (χ1n) is 9.69. The first-order chi connectivity index (χ1) is 20.1. The van der Waals surface area contributed by atoms with Gasteiger partial charge in [-0.3, -0.25) is 4.74 Å². The van der Waals surface area contributed by atoms with E-state index in [2.05, 4.69) is 0 Å². The quantitative estimate of drug-likeness (QED) is 0.146. The summed E-state index contributed by atoms with van der Waals surface area (Å²) >= 11 is 0. The van der Waals surface area contributed by atoms with Gasteiger partial charge in [0.05, 0.1) is 0 Å². The molecule has 48 heavy (non-hydrogen) atoms. The van der Waals surface area contributed by atoms with Gasteiger partial charge < -0.3 is 4.74 Å². The Labute approximate surface area is 237 Å². The van der Waals surface area contributed by atoms with Crippen molar-refractivity contribution in [3.63, 3.8) is 0 Å². The lowest BCUT2D eigenvalue weighted by Gasteiger charge is -2.43. The third-order valence-corrected chi connectivity index (χ3v) is 4.93. The van der Waals surface area contributed by atoms with Crippen LogP contribution in [0, 0.1) is 0 Å². The van der Waals surface area contributed by atoms with Crippen LogP contribution >= 0.6 is 0 Å². The highest BCUT2D eigenvalue weighted by atomic mass is 19.4. The van der Waals surface area contributed by atoms with E-state index in [1.165, 1.54) is 0 Å². The van der Waals surface area contributed by atoms with Gasteiger partial charge in [-0.2, -0.15) is 132 Å². The molecule has 3 nitrogen and oxygen atoms in total. The molecule has 288 valence electrons. The molecule has 0 saturated heterocycles. The number of ether oxygens (including phenoxy) is 2. The lowest BCUT2D eigenvalue weighted by Crippen LogP contribution is -2.76. The average molecular weight is 798 g/mol. The highest BCUT2D eigenvalue weighted by Crippen LogP contribution is 2.65. The standard InChI is InChI=1S/C15F30O3/c16-2(11(33,34)35,48-15(44,45)10(31,32)13(39,40)41)1(46)47-14(42,43)9(29,30)7(25,26)5(21,22)3(17,18)4(19,20)6(23,24)8(27,28)12(36,37)38. The molecule has 1 atom stereocenters. The second-order valence-electron chi connectivity index (χ2n) is 8.21. The normalized spacial score (nSPS) is 17.7. The molecule has 0 rings (SSSR count). The Balaban J connectivity index is 7.20. The highest BCUT2D eigenvalue weighted by Gasteiger charge is 2.97. The Bertz CT molecular complexity index is 1190. The highest BCUT2D eigenvalue weighted by molar-refractivity contribution is 5.79. The van der Waals surface area contributed by atoms with Gasteiger partial charge in [0.1, 0.15) is 0 Å². The summed E-state index contributed by atoms with van der Waals surface area (Å²) < 4.78 is 392. The SMILES string of the molecule is O=C(OC(F)(F)C(F)(F)C(F)(F)C(F)(F)C(F)(F)C(F)(F)C(F)(F)C(F)(F)C(F)(F)F)C(F)(OC(F)(F)C(F)(F)C(F)(F)F)C(F)(F)F. The Kier molecular flexibility index (Phi) is 10.5. The Morgan fingerprint density at radius 3 is 0.792 bits per heavy atom. The van der Waals surface area contributed by atoms with Gasteiger partial charge in [-0.1, -0.05) is 0 Å². The Hall–Kier alpha value is -2.67. The fourth-order valence-corrected chi connectivity index (χ4v) is 2.21. The number of hydrogen-bond donors (Lipinski definition) is 0. The van der Waals surface area contributed by atoms with Crippen LogP contribution in [0.25, 0.3) is 0 Å². The number of hydrogen-bond acceptors (Lipinski definition) is 3. The van der Waals surface area contributed by atoms with Gasteiger partial charge in [0.2, 0.25) is 0 Å². The first kappa shape index (κ1) is 45.3. The van der Waals surface area contributed by atoms with Crippen molar-refractivity contribution in [1.29, 1.82) is 0 Å². The zero-order chi connectivity index (χ0) is 40.0. The van der Waals surface area contributed by atoms with Gasteiger partial charge in [-0.25, -0.2) is 4.79 Å². The van der Waals surface area contributed by atoms with Crippen LogP contribution in [0.15, 0.2) is 0 Å². The third kappa shape index (κ3) is 6.04. The number of carbonyl (C=O) groups excluding carboxylic acids is 1. The summed E-state index contributed by atoms with van der Waals surface area (Å²) in [5.41, 5.74) is 0. The Morgan fingerprint density at radius 1 is 0.292 bits per heavy atom. The molecule has 0 fully saturated rings. The molecule has 0 aliphatic carbocycles. The van der Waals surface area contributed by atoms with E-state index in [4.69, 9.17) is 0 Å². The van der Waals surface area contributed by atoms with Crippen molar-refractivity contribution in [3.05, 3.63) is 0 Å². The molecule has 1 unspecified atom stereocenters. The second kappa shape index (κ2) is 11.2. The molecule has 0 aromatic heterocycles. The summed E-state index contributed by atoms with van der Waals surface area (Å²) in [5.74, 6) is -87.9. The van der Waals surface area contributed by atoms with Crippen molar-refractivity contribution in [2.45, 2.75) is 84.0 Å². The van der Waals surface area contributed by atoms with E-state index in [0.29, 0.717) is 0 Å². The van der Waals surface area contributed by atoms with E-state index in [9.17, 15) is 137 Å². The molecule has 0 amide bonds. The van der Waals surface area contributed by atoms with Gasteiger partial charge in [0.25, 0.3) is 0 Å². The predicted octanol–water partition coefficient (Wildman–Crippen LogP) is 9.17. The van der Waals surface area contributed by atoms with Gasteiger partial charge in [-0.15, -0.1) is 0 Å². The first-order valence-corrected chi connectivity index (χ1v) is 9.69. The van der Waals surface area contributed by atoms with Crippen LogP contribution in [0.5, 0.6) is 0 Å². The number of esters is 1. The molecule has 0 spiro atoms. The molecule has 0 saturated carbocycles. The summed E-state index contributed by atoms with van der Waals surface area (Å²) in [6, 6.07) is 0. The molecular formula is C15F30O3. The lowest BCUT2D eigenvalue weighted by atomic mass is 9.88. The maximum atomic E-state index is 13.9. The fourth-order valence-electron chi connectivity index (χ4n) is 2.21. The van der Waals surface area contributed by atoms with E-state index in [-0.39, 0.29) is 0 Å². The summed E-state index contributed by atoms with van der Waals surface area (Å²) in [5, 5.41) is 0. The Morgan fingerprint density at radius 2 is 0.542 bits per heavy atom. The molecule has 0 aliphatic rings. The molecule has 0 heterocycles. The predicted molar refractivity (Wildman–Crippen MR) is 78.7 cm³/mol. The van der Waals surface area contributed by atoms with Crippen LogP contribution in [0.2, 0.25) is 0 Å². The monoisotopic (exact) mass is 798 g/mol. The summed E-state index contributed by atoms with van der Waals surface area (Å²) in [4.78, 5) is 11.0. The summed E-state index contributed by atoms with van der Waals surface area (Å²) in [6.45, 7) is 0. The summed E-state index contributed by atoms with van der Waals surface area (Å²) in [6.07, 6.45) is -41.5. The third-order valence-electron chi connectivity index (χ3n) is 4.93. The van der Waals surface area contributed by atoms with Crippen LogP contribution in [0.4, 0.5) is 132 Å². The average Bonchev–Trinajstić information content (AvgIpc) is 2.80. The van der Waals surface area contributed by atoms with Crippen LogP contribution in [-0.4, -0.2) is 90.0 Å². The van der Waals surface area contributed by atoms with Gasteiger partial charge in [-0.05, 0) is 0 Å². The van der Waals surface area contributed by atoms with Crippen molar-refractivity contribution in [2.24, 2.45) is 0 Å². The molecule has 33 heteroatoms. The largest absolute Gasteiger partial charge is 0.473 e. The van der Waals surface area contributed by atoms with E-state index < -0.39 is 90.0 Å². The molecule has 0 aliphatic heterocycles. The van der Waals surface area contributed by atoms with Crippen LogP contribution in [0.1, 0.15) is 0 Å². The van der Waals surface area contributed by atoms with Crippen LogP contribution in [0.3, 0.4) is 0 Å². The molecule has 0 radical (unpaired) electrons. The minimum Gasteiger partial charge on any atom is -0.391 e. The van der Waals surface area contributed by atoms with Crippen molar-refractivity contribution < 1.29 is 146 Å². The van der Waals surface area contributed by atoms with Crippen molar-refractivity contribution in [3.8, 4) is 0 Å². The van der Waals surface area contributed by atoms with E-state index in [0.717, 1.165) is 9.47 Å². The van der Waals surface area contributed by atoms with Crippen LogP contribution in [-0.2, 0) is 14.3 Å². The van der Waals surface area contributed by atoms with Gasteiger partial charge in [0.15, 0.2) is 0 Å². The maximum absolute atomic E-state index is 13.9. The number of rotatable bonds is 12. The molecule has 0 bridgehead atoms. The van der Waals surface area contributed by atoms with Gasteiger partial charge >= 0.3 is 90.0 Å². The number of alkyl halides is 30. The van der Waals surface area contributed by atoms with Crippen LogP contribution < -0.4 is 0 Å². The maximum Gasteiger partial charge on any atom is 0.473 e. The molecular weight excluding hydrogens is 798 g/mol. The second-order valence-corrected chi connectivity index (χ2v) is 8.21. The number of carbonyl (C=O) groups is 1.